The fourth-order valence-corrected chi connectivity index (χ4v) is 1.13. The van der Waals surface area contributed by atoms with Crippen molar-refractivity contribution in [2.24, 2.45) is 11.5 Å². The molecule has 0 aliphatic rings. The predicted octanol–water partition coefficient (Wildman–Crippen LogP) is -1.44. The second-order valence-corrected chi connectivity index (χ2v) is 3.46. The molecule has 0 radical (unpaired) electrons. The van der Waals surface area contributed by atoms with E-state index in [-0.39, 0.29) is 0 Å². The third-order valence-electron chi connectivity index (χ3n) is 1.97. The molecule has 0 bridgehead atoms. The molecule has 0 aliphatic carbocycles. The Kier molecular flexibility index (Phi) is 6.09. The summed E-state index contributed by atoms with van der Waals surface area (Å²) in [6.45, 7) is 1.83. The summed E-state index contributed by atoms with van der Waals surface area (Å²) in [7, 11) is 0. The molecule has 2 atom stereocenters. The minimum Gasteiger partial charge on any atom is -0.481 e. The molecule has 0 rings (SSSR count). The summed E-state index contributed by atoms with van der Waals surface area (Å²) in [6.07, 6.45) is 0.590. The van der Waals surface area contributed by atoms with E-state index in [1.165, 1.54) is 0 Å². The molecule has 2 amide bonds. The van der Waals surface area contributed by atoms with Crippen molar-refractivity contribution in [1.82, 2.24) is 5.32 Å². The van der Waals surface area contributed by atoms with Gasteiger partial charge in [-0.15, -0.1) is 0 Å². The van der Waals surface area contributed by atoms with Gasteiger partial charge in [-0.05, 0) is 6.42 Å². The maximum absolute atomic E-state index is 11.4. The van der Waals surface area contributed by atoms with Crippen molar-refractivity contribution in [3.63, 3.8) is 0 Å². The highest BCUT2D eigenvalue weighted by atomic mass is 16.4. The number of hydrogen-bond acceptors (Lipinski definition) is 4. The van der Waals surface area contributed by atoms with E-state index in [2.05, 4.69) is 5.32 Å². The first-order chi connectivity index (χ1) is 7.38. The average Bonchev–Trinajstić information content (AvgIpc) is 2.15. The fraction of sp³-hybridized carbons (Fsp3) is 0.667. The van der Waals surface area contributed by atoms with E-state index >= 15 is 0 Å². The SMILES string of the molecule is CCC[C@@H](NC(=O)C(N)CC(=O)O)C(N)=O. The lowest BCUT2D eigenvalue weighted by Crippen LogP contribution is -2.50. The molecule has 0 heterocycles. The van der Waals surface area contributed by atoms with E-state index in [1.54, 1.807) is 0 Å². The third kappa shape index (κ3) is 5.30. The van der Waals surface area contributed by atoms with E-state index in [1.807, 2.05) is 6.92 Å². The Morgan fingerprint density at radius 1 is 1.38 bits per heavy atom. The summed E-state index contributed by atoms with van der Waals surface area (Å²) in [5, 5.41) is 10.7. The van der Waals surface area contributed by atoms with Crippen molar-refractivity contribution in [3.05, 3.63) is 0 Å². The van der Waals surface area contributed by atoms with Gasteiger partial charge in [0.15, 0.2) is 0 Å². The smallest absolute Gasteiger partial charge is 0.305 e. The highest BCUT2D eigenvalue weighted by molar-refractivity contribution is 5.90. The van der Waals surface area contributed by atoms with Gasteiger partial charge in [-0.3, -0.25) is 14.4 Å². The van der Waals surface area contributed by atoms with E-state index in [0.29, 0.717) is 12.8 Å². The Morgan fingerprint density at radius 3 is 2.31 bits per heavy atom. The number of carbonyl (C=O) groups is 3. The molecule has 0 aliphatic heterocycles. The van der Waals surface area contributed by atoms with Gasteiger partial charge in [-0.1, -0.05) is 13.3 Å². The van der Waals surface area contributed by atoms with Crippen molar-refractivity contribution in [3.8, 4) is 0 Å². The maximum atomic E-state index is 11.4. The summed E-state index contributed by atoms with van der Waals surface area (Å²) in [6, 6.07) is -1.96. The van der Waals surface area contributed by atoms with Gasteiger partial charge in [-0.25, -0.2) is 0 Å². The van der Waals surface area contributed by atoms with Gasteiger partial charge in [0.1, 0.15) is 6.04 Å². The van der Waals surface area contributed by atoms with Crippen LogP contribution >= 0.6 is 0 Å². The standard InChI is InChI=1S/C9H17N3O4/c1-2-3-6(8(11)15)12-9(16)5(10)4-7(13)14/h5-6H,2-4,10H2,1H3,(H2,11,15)(H,12,16)(H,13,14)/t5?,6-/m1/s1. The van der Waals surface area contributed by atoms with Gasteiger partial charge in [0.2, 0.25) is 11.8 Å². The van der Waals surface area contributed by atoms with Gasteiger partial charge in [-0.2, -0.15) is 0 Å². The predicted molar refractivity (Wildman–Crippen MR) is 56.3 cm³/mol. The van der Waals surface area contributed by atoms with Crippen LogP contribution in [0.25, 0.3) is 0 Å². The largest absolute Gasteiger partial charge is 0.481 e. The van der Waals surface area contributed by atoms with Crippen LogP contribution in [-0.2, 0) is 14.4 Å². The molecule has 0 saturated carbocycles. The van der Waals surface area contributed by atoms with Crippen molar-refractivity contribution < 1.29 is 19.5 Å². The fourth-order valence-electron chi connectivity index (χ4n) is 1.13. The number of nitrogens with one attached hydrogen (secondary N) is 1. The Morgan fingerprint density at radius 2 is 1.94 bits per heavy atom. The Hall–Kier alpha value is -1.63. The Balaban J connectivity index is 4.28. The van der Waals surface area contributed by atoms with Crippen molar-refractivity contribution in [1.29, 1.82) is 0 Å². The Bertz CT molecular complexity index is 280. The normalized spacial score (nSPS) is 13.9. The molecule has 92 valence electrons. The van der Waals surface area contributed by atoms with Gasteiger partial charge < -0.3 is 21.9 Å². The minimum absolute atomic E-state index is 0.404. The molecule has 0 aromatic heterocycles. The summed E-state index contributed by atoms with van der Waals surface area (Å²) in [5.74, 6) is -2.51. The molecule has 6 N–H and O–H groups in total. The molecule has 7 nitrogen and oxygen atoms in total. The van der Waals surface area contributed by atoms with Gasteiger partial charge in [0.05, 0.1) is 12.5 Å². The zero-order chi connectivity index (χ0) is 12.7. The third-order valence-corrected chi connectivity index (χ3v) is 1.97. The highest BCUT2D eigenvalue weighted by Gasteiger charge is 2.22. The second kappa shape index (κ2) is 6.78. The summed E-state index contributed by atoms with van der Waals surface area (Å²) in [5.41, 5.74) is 10.4. The van der Waals surface area contributed by atoms with E-state index in [0.717, 1.165) is 0 Å². The first kappa shape index (κ1) is 14.4. The molecular weight excluding hydrogens is 214 g/mol. The molecular formula is C9H17N3O4. The number of hydrogen-bond donors (Lipinski definition) is 4. The van der Waals surface area contributed by atoms with Crippen LogP contribution in [0.1, 0.15) is 26.2 Å². The number of primary amides is 1. The van der Waals surface area contributed by atoms with Crippen molar-refractivity contribution in [2.75, 3.05) is 0 Å². The number of rotatable bonds is 7. The van der Waals surface area contributed by atoms with Crippen LogP contribution in [0.2, 0.25) is 0 Å². The van der Waals surface area contributed by atoms with Crippen LogP contribution in [0, 0.1) is 0 Å². The number of amides is 2. The lowest BCUT2D eigenvalue weighted by molar-refractivity contribution is -0.139. The van der Waals surface area contributed by atoms with E-state index < -0.39 is 36.3 Å². The topological polar surface area (TPSA) is 136 Å². The van der Waals surface area contributed by atoms with Crippen LogP contribution in [0.4, 0.5) is 0 Å². The monoisotopic (exact) mass is 231 g/mol. The second-order valence-electron chi connectivity index (χ2n) is 3.46. The van der Waals surface area contributed by atoms with Gasteiger partial charge in [0.25, 0.3) is 0 Å². The molecule has 7 heteroatoms. The van der Waals surface area contributed by atoms with Crippen LogP contribution in [0.15, 0.2) is 0 Å². The number of carbonyl (C=O) groups excluding carboxylic acids is 2. The first-order valence-electron chi connectivity index (χ1n) is 4.95. The maximum Gasteiger partial charge on any atom is 0.305 e. The summed E-state index contributed by atoms with van der Waals surface area (Å²) < 4.78 is 0. The molecule has 0 aromatic rings. The highest BCUT2D eigenvalue weighted by Crippen LogP contribution is 1.97. The first-order valence-corrected chi connectivity index (χ1v) is 4.95. The molecule has 0 aromatic carbocycles. The molecule has 16 heavy (non-hydrogen) atoms. The molecule has 0 spiro atoms. The number of carboxylic acids is 1. The quantitative estimate of drug-likeness (QED) is 0.425. The average molecular weight is 231 g/mol. The number of nitrogens with two attached hydrogens (primary N) is 2. The summed E-state index contributed by atoms with van der Waals surface area (Å²) >= 11 is 0. The van der Waals surface area contributed by atoms with Gasteiger partial charge in [0, 0.05) is 0 Å². The van der Waals surface area contributed by atoms with Crippen LogP contribution in [0.3, 0.4) is 0 Å². The number of aliphatic carboxylic acids is 1. The zero-order valence-corrected chi connectivity index (χ0v) is 9.10. The van der Waals surface area contributed by atoms with Crippen molar-refractivity contribution >= 4 is 17.8 Å². The summed E-state index contributed by atoms with van der Waals surface area (Å²) in [4.78, 5) is 32.6. The van der Waals surface area contributed by atoms with Crippen LogP contribution in [0.5, 0.6) is 0 Å². The van der Waals surface area contributed by atoms with E-state index in [4.69, 9.17) is 16.6 Å². The zero-order valence-electron chi connectivity index (χ0n) is 9.10. The van der Waals surface area contributed by atoms with Crippen LogP contribution in [-0.4, -0.2) is 35.0 Å². The molecule has 0 fully saturated rings. The lowest BCUT2D eigenvalue weighted by atomic mass is 10.1. The lowest BCUT2D eigenvalue weighted by Gasteiger charge is -2.16. The number of carboxylic acid groups (broad SMARTS) is 1. The Labute approximate surface area is 93.2 Å². The molecule has 0 saturated heterocycles. The van der Waals surface area contributed by atoms with Crippen molar-refractivity contribution in [2.45, 2.75) is 38.3 Å². The van der Waals surface area contributed by atoms with Gasteiger partial charge >= 0.3 is 5.97 Å². The van der Waals surface area contributed by atoms with Crippen LogP contribution < -0.4 is 16.8 Å². The minimum atomic E-state index is -1.17. The molecule has 1 unspecified atom stereocenters. The van der Waals surface area contributed by atoms with E-state index in [9.17, 15) is 14.4 Å².